The van der Waals surface area contributed by atoms with Gasteiger partial charge in [0.2, 0.25) is 0 Å². The van der Waals surface area contributed by atoms with Crippen LogP contribution in [0.2, 0.25) is 5.02 Å². The summed E-state index contributed by atoms with van der Waals surface area (Å²) < 4.78 is 0. The van der Waals surface area contributed by atoms with Crippen molar-refractivity contribution in [1.82, 2.24) is 4.90 Å². The van der Waals surface area contributed by atoms with E-state index in [0.29, 0.717) is 5.56 Å². The number of phenols is 1. The second-order valence-corrected chi connectivity index (χ2v) is 5.20. The molecule has 1 aromatic rings. The molecule has 1 atom stereocenters. The predicted octanol–water partition coefficient (Wildman–Crippen LogP) is 2.87. The van der Waals surface area contributed by atoms with Crippen LogP contribution in [0.25, 0.3) is 0 Å². The fourth-order valence-corrected chi connectivity index (χ4v) is 2.28. The van der Waals surface area contributed by atoms with Gasteiger partial charge in [0.15, 0.2) is 0 Å². The molecule has 0 aromatic heterocycles. The quantitative estimate of drug-likeness (QED) is 0.917. The highest BCUT2D eigenvalue weighted by atomic mass is 35.5. The first kappa shape index (κ1) is 14.2. The van der Waals surface area contributed by atoms with Crippen molar-refractivity contribution in [3.63, 3.8) is 0 Å². The number of nitrogens with zero attached hydrogens (tertiary/aromatic N) is 1. The summed E-state index contributed by atoms with van der Waals surface area (Å²) in [6, 6.07) is 4.65. The lowest BCUT2D eigenvalue weighted by molar-refractivity contribution is 0.0757. The summed E-state index contributed by atoms with van der Waals surface area (Å²) in [6.07, 6.45) is 2.01. The van der Waals surface area contributed by atoms with Crippen LogP contribution in [0.5, 0.6) is 5.75 Å². The summed E-state index contributed by atoms with van der Waals surface area (Å²) in [5, 5.41) is 9.49. The second-order valence-electron chi connectivity index (χ2n) is 3.89. The Kier molecular flexibility index (Phi) is 5.15. The molecule has 0 aliphatic heterocycles. The molecule has 1 aromatic carbocycles. The third kappa shape index (κ3) is 3.54. The van der Waals surface area contributed by atoms with Gasteiger partial charge in [-0.05, 0) is 31.4 Å². The zero-order valence-corrected chi connectivity index (χ0v) is 11.7. The number of benzene rings is 1. The maximum Gasteiger partial charge on any atom is 0.253 e. The summed E-state index contributed by atoms with van der Waals surface area (Å²) in [6.45, 7) is 2.00. The predicted molar refractivity (Wildman–Crippen MR) is 73.1 cm³/mol. The van der Waals surface area contributed by atoms with Crippen LogP contribution in [-0.4, -0.2) is 41.0 Å². The van der Waals surface area contributed by atoms with E-state index in [2.05, 4.69) is 0 Å². The number of hydrogen-bond donors (Lipinski definition) is 1. The van der Waals surface area contributed by atoms with Crippen LogP contribution in [0, 0.1) is 0 Å². The fraction of sp³-hybridized carbons (Fsp3) is 0.417. The maximum absolute atomic E-state index is 12.1. The molecule has 1 unspecified atom stereocenters. The molecule has 3 nitrogen and oxygen atoms in total. The van der Waals surface area contributed by atoms with Gasteiger partial charge in [0.25, 0.3) is 5.91 Å². The number of rotatable bonds is 4. The zero-order chi connectivity index (χ0) is 13.0. The summed E-state index contributed by atoms with van der Waals surface area (Å²) in [5.41, 5.74) is 0.489. The maximum atomic E-state index is 12.1. The highest BCUT2D eigenvalue weighted by Crippen LogP contribution is 2.24. The number of hydrogen-bond acceptors (Lipinski definition) is 3. The van der Waals surface area contributed by atoms with E-state index in [9.17, 15) is 9.90 Å². The molecule has 94 valence electrons. The van der Waals surface area contributed by atoms with Gasteiger partial charge in [0, 0.05) is 24.4 Å². The molecule has 17 heavy (non-hydrogen) atoms. The Balaban J connectivity index is 2.85. The molecule has 0 saturated heterocycles. The molecule has 1 amide bonds. The topological polar surface area (TPSA) is 40.5 Å². The van der Waals surface area contributed by atoms with Crippen molar-refractivity contribution >= 4 is 29.3 Å². The van der Waals surface area contributed by atoms with E-state index < -0.39 is 0 Å². The lowest BCUT2D eigenvalue weighted by Gasteiger charge is -2.24. The van der Waals surface area contributed by atoms with Crippen LogP contribution in [0.15, 0.2) is 18.2 Å². The van der Waals surface area contributed by atoms with Gasteiger partial charge in [0.05, 0.1) is 5.02 Å². The van der Waals surface area contributed by atoms with Crippen molar-refractivity contribution in [1.29, 1.82) is 0 Å². The van der Waals surface area contributed by atoms with E-state index in [0.717, 1.165) is 5.75 Å². The minimum absolute atomic E-state index is 0.0111. The lowest BCUT2D eigenvalue weighted by atomic mass is 10.1. The van der Waals surface area contributed by atoms with Gasteiger partial charge in [0.1, 0.15) is 5.75 Å². The van der Waals surface area contributed by atoms with Gasteiger partial charge in [-0.3, -0.25) is 4.79 Å². The van der Waals surface area contributed by atoms with Crippen LogP contribution in [-0.2, 0) is 0 Å². The van der Waals surface area contributed by atoms with Crippen molar-refractivity contribution in [2.45, 2.75) is 13.0 Å². The van der Waals surface area contributed by atoms with E-state index >= 15 is 0 Å². The Morgan fingerprint density at radius 2 is 2.24 bits per heavy atom. The van der Waals surface area contributed by atoms with Gasteiger partial charge >= 0.3 is 0 Å². The Morgan fingerprint density at radius 3 is 2.76 bits per heavy atom. The van der Waals surface area contributed by atoms with E-state index in [-0.39, 0.29) is 22.7 Å². The first-order valence-electron chi connectivity index (χ1n) is 5.22. The van der Waals surface area contributed by atoms with Gasteiger partial charge in [-0.1, -0.05) is 11.6 Å². The van der Waals surface area contributed by atoms with Crippen molar-refractivity contribution in [2.75, 3.05) is 19.1 Å². The molecule has 0 heterocycles. The van der Waals surface area contributed by atoms with Crippen molar-refractivity contribution in [3.05, 3.63) is 28.8 Å². The van der Waals surface area contributed by atoms with E-state index in [1.807, 2.05) is 13.2 Å². The number of thioether (sulfide) groups is 1. The molecule has 0 fully saturated rings. The van der Waals surface area contributed by atoms with Crippen molar-refractivity contribution in [2.24, 2.45) is 0 Å². The van der Waals surface area contributed by atoms with Gasteiger partial charge in [-0.2, -0.15) is 11.8 Å². The lowest BCUT2D eigenvalue weighted by Crippen LogP contribution is -2.36. The fourth-order valence-electron chi connectivity index (χ4n) is 1.40. The van der Waals surface area contributed by atoms with Crippen LogP contribution < -0.4 is 0 Å². The van der Waals surface area contributed by atoms with E-state index in [1.165, 1.54) is 12.1 Å². The average Bonchev–Trinajstić information content (AvgIpc) is 2.31. The molecule has 0 aliphatic carbocycles. The van der Waals surface area contributed by atoms with Crippen LogP contribution in [0.1, 0.15) is 17.3 Å². The van der Waals surface area contributed by atoms with Gasteiger partial charge in [-0.15, -0.1) is 0 Å². The number of halogens is 1. The normalized spacial score (nSPS) is 12.2. The monoisotopic (exact) mass is 273 g/mol. The molecule has 5 heteroatoms. The average molecular weight is 274 g/mol. The zero-order valence-electron chi connectivity index (χ0n) is 10.1. The Bertz CT molecular complexity index is 411. The molecule has 0 aliphatic rings. The largest absolute Gasteiger partial charge is 0.506 e. The molecule has 1 N–H and O–H groups in total. The first-order valence-corrected chi connectivity index (χ1v) is 6.99. The Hall–Kier alpha value is -0.870. The number of phenolic OH excluding ortho intramolecular Hbond substituents is 1. The summed E-state index contributed by atoms with van der Waals surface area (Å²) in [5.74, 6) is 0.783. The minimum Gasteiger partial charge on any atom is -0.506 e. The summed E-state index contributed by atoms with van der Waals surface area (Å²) in [7, 11) is 1.77. The van der Waals surface area contributed by atoms with Gasteiger partial charge in [-0.25, -0.2) is 0 Å². The van der Waals surface area contributed by atoms with Crippen molar-refractivity contribution in [3.8, 4) is 5.75 Å². The smallest absolute Gasteiger partial charge is 0.253 e. The Morgan fingerprint density at radius 1 is 1.59 bits per heavy atom. The van der Waals surface area contributed by atoms with Crippen LogP contribution >= 0.6 is 23.4 Å². The van der Waals surface area contributed by atoms with Crippen molar-refractivity contribution < 1.29 is 9.90 Å². The molecular weight excluding hydrogens is 258 g/mol. The standard InChI is InChI=1S/C12H16ClNO2S/c1-8(7-17-3)14(2)12(16)9-4-5-11(15)10(13)6-9/h4-6,8,15H,7H2,1-3H3. The van der Waals surface area contributed by atoms with Gasteiger partial charge < -0.3 is 10.0 Å². The van der Waals surface area contributed by atoms with E-state index in [4.69, 9.17) is 11.6 Å². The first-order chi connectivity index (χ1) is 7.97. The highest BCUT2D eigenvalue weighted by Gasteiger charge is 2.17. The number of amides is 1. The summed E-state index contributed by atoms with van der Waals surface area (Å²) >= 11 is 7.47. The van der Waals surface area contributed by atoms with Crippen LogP contribution in [0.3, 0.4) is 0 Å². The molecule has 0 spiro atoms. The summed E-state index contributed by atoms with van der Waals surface area (Å²) in [4.78, 5) is 13.8. The molecule has 0 saturated carbocycles. The Labute approximate surface area is 111 Å². The highest BCUT2D eigenvalue weighted by molar-refractivity contribution is 7.98. The molecule has 0 bridgehead atoms. The SMILES string of the molecule is CSCC(C)N(C)C(=O)c1ccc(O)c(Cl)c1. The molecule has 0 radical (unpaired) electrons. The number of carbonyl (C=O) groups is 1. The number of aromatic hydroxyl groups is 1. The molecular formula is C12H16ClNO2S. The molecule has 1 rings (SSSR count). The second kappa shape index (κ2) is 6.17. The van der Waals surface area contributed by atoms with Crippen LogP contribution in [0.4, 0.5) is 0 Å². The number of carbonyl (C=O) groups excluding carboxylic acids is 1. The third-order valence-electron chi connectivity index (χ3n) is 2.58. The van der Waals surface area contributed by atoms with E-state index in [1.54, 1.807) is 29.8 Å². The third-order valence-corrected chi connectivity index (χ3v) is 3.70. The minimum atomic E-state index is -0.0894.